The number of aromatic nitrogens is 1. The van der Waals surface area contributed by atoms with Crippen LogP contribution in [0.25, 0.3) is 0 Å². The number of rotatable bonds is 7. The van der Waals surface area contributed by atoms with Crippen molar-refractivity contribution in [3.63, 3.8) is 0 Å². The fourth-order valence-electron chi connectivity index (χ4n) is 1.88. The summed E-state index contributed by atoms with van der Waals surface area (Å²) in [5.41, 5.74) is 0.0129. The molecule has 1 atom stereocenters. The summed E-state index contributed by atoms with van der Waals surface area (Å²) in [7, 11) is 0. The Morgan fingerprint density at radius 3 is 2.70 bits per heavy atom. The molecule has 0 radical (unpaired) electrons. The van der Waals surface area contributed by atoms with Gasteiger partial charge in [0, 0.05) is 6.54 Å². The van der Waals surface area contributed by atoms with Gasteiger partial charge in [-0.25, -0.2) is 9.37 Å². The SMILES string of the molecule is CCCCC(CC)CNC(=O)c1cc(F)c(Cl)nc1Cl. The van der Waals surface area contributed by atoms with E-state index in [0.29, 0.717) is 12.5 Å². The monoisotopic (exact) mass is 320 g/mol. The van der Waals surface area contributed by atoms with Crippen LogP contribution in [0.15, 0.2) is 6.07 Å². The van der Waals surface area contributed by atoms with Crippen LogP contribution in [0.2, 0.25) is 10.3 Å². The largest absolute Gasteiger partial charge is 0.352 e. The third-order valence-corrected chi connectivity index (χ3v) is 3.78. The Hall–Kier alpha value is -0.870. The molecule has 0 aromatic carbocycles. The van der Waals surface area contributed by atoms with Crippen molar-refractivity contribution in [3.05, 3.63) is 27.8 Å². The number of amides is 1. The van der Waals surface area contributed by atoms with E-state index in [-0.39, 0.29) is 15.9 Å². The first-order valence-corrected chi connectivity index (χ1v) is 7.54. The maximum atomic E-state index is 13.3. The zero-order chi connectivity index (χ0) is 15.1. The lowest BCUT2D eigenvalue weighted by Crippen LogP contribution is -2.29. The van der Waals surface area contributed by atoms with Crippen LogP contribution >= 0.6 is 23.2 Å². The van der Waals surface area contributed by atoms with Crippen molar-refractivity contribution in [1.29, 1.82) is 0 Å². The van der Waals surface area contributed by atoms with Crippen molar-refractivity contribution in [2.45, 2.75) is 39.5 Å². The van der Waals surface area contributed by atoms with Crippen molar-refractivity contribution < 1.29 is 9.18 Å². The minimum absolute atomic E-state index is 0.0129. The van der Waals surface area contributed by atoms with Crippen molar-refractivity contribution in [2.24, 2.45) is 5.92 Å². The number of pyridine rings is 1. The zero-order valence-corrected chi connectivity index (χ0v) is 13.2. The van der Waals surface area contributed by atoms with Crippen molar-refractivity contribution in [3.8, 4) is 0 Å². The highest BCUT2D eigenvalue weighted by Crippen LogP contribution is 2.20. The summed E-state index contributed by atoms with van der Waals surface area (Å²) in [6.45, 7) is 4.77. The first-order valence-electron chi connectivity index (χ1n) is 6.79. The smallest absolute Gasteiger partial charge is 0.254 e. The van der Waals surface area contributed by atoms with Gasteiger partial charge in [-0.15, -0.1) is 0 Å². The average molecular weight is 321 g/mol. The Morgan fingerprint density at radius 2 is 2.10 bits per heavy atom. The number of carbonyl (C=O) groups excluding carboxylic acids is 1. The minimum atomic E-state index is -0.751. The molecule has 1 rings (SSSR count). The topological polar surface area (TPSA) is 42.0 Å². The van der Waals surface area contributed by atoms with Gasteiger partial charge in [-0.3, -0.25) is 4.79 Å². The molecule has 0 aliphatic carbocycles. The second-order valence-electron chi connectivity index (χ2n) is 4.73. The molecule has 0 saturated heterocycles. The van der Waals surface area contributed by atoms with Gasteiger partial charge in [0.15, 0.2) is 11.0 Å². The zero-order valence-electron chi connectivity index (χ0n) is 11.7. The molecule has 20 heavy (non-hydrogen) atoms. The molecule has 3 nitrogen and oxygen atoms in total. The molecule has 0 bridgehead atoms. The minimum Gasteiger partial charge on any atom is -0.352 e. The molecule has 1 aromatic rings. The lowest BCUT2D eigenvalue weighted by Gasteiger charge is -2.15. The second-order valence-corrected chi connectivity index (χ2v) is 5.44. The van der Waals surface area contributed by atoms with E-state index in [0.717, 1.165) is 31.7 Å². The van der Waals surface area contributed by atoms with Crippen LogP contribution in [0.3, 0.4) is 0 Å². The second kappa shape index (κ2) is 8.42. The maximum absolute atomic E-state index is 13.3. The lowest BCUT2D eigenvalue weighted by molar-refractivity contribution is 0.0945. The van der Waals surface area contributed by atoms with Crippen LogP contribution in [0.5, 0.6) is 0 Å². The lowest BCUT2D eigenvalue weighted by atomic mass is 9.99. The van der Waals surface area contributed by atoms with Crippen LogP contribution in [-0.2, 0) is 0 Å². The van der Waals surface area contributed by atoms with Gasteiger partial charge in [-0.05, 0) is 18.4 Å². The molecule has 1 unspecified atom stereocenters. The maximum Gasteiger partial charge on any atom is 0.254 e. The number of nitrogens with one attached hydrogen (secondary N) is 1. The molecule has 0 fully saturated rings. The van der Waals surface area contributed by atoms with Gasteiger partial charge in [-0.2, -0.15) is 0 Å². The van der Waals surface area contributed by atoms with Gasteiger partial charge >= 0.3 is 0 Å². The standard InChI is InChI=1S/C14H19Cl2FN2O/c1-3-5-6-9(4-2)8-18-14(20)10-7-11(17)13(16)19-12(10)15/h7,9H,3-6,8H2,1-2H3,(H,18,20). The van der Waals surface area contributed by atoms with Crippen LogP contribution in [0.1, 0.15) is 49.9 Å². The number of hydrogen-bond donors (Lipinski definition) is 1. The van der Waals surface area contributed by atoms with E-state index < -0.39 is 11.7 Å². The van der Waals surface area contributed by atoms with Gasteiger partial charge in [0.25, 0.3) is 5.91 Å². The van der Waals surface area contributed by atoms with E-state index >= 15 is 0 Å². The van der Waals surface area contributed by atoms with Crippen molar-refractivity contribution >= 4 is 29.1 Å². The van der Waals surface area contributed by atoms with Crippen molar-refractivity contribution in [1.82, 2.24) is 10.3 Å². The fourth-order valence-corrected chi connectivity index (χ4v) is 2.29. The molecule has 0 saturated carbocycles. The Balaban J connectivity index is 2.65. The summed E-state index contributed by atoms with van der Waals surface area (Å²) >= 11 is 11.3. The van der Waals surface area contributed by atoms with E-state index in [1.54, 1.807) is 0 Å². The van der Waals surface area contributed by atoms with Gasteiger partial charge < -0.3 is 5.32 Å². The highest BCUT2D eigenvalue weighted by molar-refractivity contribution is 6.34. The van der Waals surface area contributed by atoms with E-state index in [4.69, 9.17) is 23.2 Å². The summed E-state index contributed by atoms with van der Waals surface area (Å²) in [6.07, 6.45) is 4.31. The van der Waals surface area contributed by atoms with Crippen LogP contribution in [0.4, 0.5) is 4.39 Å². The number of hydrogen-bond acceptors (Lipinski definition) is 2. The van der Waals surface area contributed by atoms with Gasteiger partial charge in [0.2, 0.25) is 0 Å². The number of carbonyl (C=O) groups is 1. The van der Waals surface area contributed by atoms with Gasteiger partial charge in [-0.1, -0.05) is 56.3 Å². The Bertz CT molecular complexity index is 469. The summed E-state index contributed by atoms with van der Waals surface area (Å²) in [5.74, 6) is -0.755. The van der Waals surface area contributed by atoms with Crippen LogP contribution in [-0.4, -0.2) is 17.4 Å². The van der Waals surface area contributed by atoms with Crippen molar-refractivity contribution in [2.75, 3.05) is 6.54 Å². The first-order chi connectivity index (χ1) is 9.49. The molecule has 6 heteroatoms. The molecule has 1 aromatic heterocycles. The highest BCUT2D eigenvalue weighted by Gasteiger charge is 2.16. The first kappa shape index (κ1) is 17.2. The molecular formula is C14H19Cl2FN2O. The van der Waals surface area contributed by atoms with Gasteiger partial charge in [0.1, 0.15) is 5.15 Å². The summed E-state index contributed by atoms with van der Waals surface area (Å²) in [6, 6.07) is 1.01. The van der Waals surface area contributed by atoms with E-state index in [9.17, 15) is 9.18 Å². The van der Waals surface area contributed by atoms with Gasteiger partial charge in [0.05, 0.1) is 5.56 Å². The molecular weight excluding hydrogens is 302 g/mol. The summed E-state index contributed by atoms with van der Waals surface area (Å²) in [5, 5.41) is 2.35. The Kier molecular flexibility index (Phi) is 7.24. The Morgan fingerprint density at radius 1 is 1.40 bits per heavy atom. The molecule has 1 N–H and O–H groups in total. The van der Waals surface area contributed by atoms with E-state index in [1.807, 2.05) is 0 Å². The number of halogens is 3. The average Bonchev–Trinajstić information content (AvgIpc) is 2.42. The summed E-state index contributed by atoms with van der Waals surface area (Å²) < 4.78 is 13.3. The molecule has 0 aliphatic heterocycles. The third-order valence-electron chi connectivity index (χ3n) is 3.23. The molecule has 1 amide bonds. The normalized spacial score (nSPS) is 12.2. The van der Waals surface area contributed by atoms with Crippen LogP contribution in [0, 0.1) is 11.7 Å². The number of nitrogens with zero attached hydrogens (tertiary/aromatic N) is 1. The quantitative estimate of drug-likeness (QED) is 0.753. The summed E-state index contributed by atoms with van der Waals surface area (Å²) in [4.78, 5) is 15.6. The molecule has 1 heterocycles. The molecule has 0 aliphatic rings. The third kappa shape index (κ3) is 4.91. The van der Waals surface area contributed by atoms with Crippen LogP contribution < -0.4 is 5.32 Å². The Labute approximate surface area is 128 Å². The molecule has 0 spiro atoms. The molecule has 112 valence electrons. The van der Waals surface area contributed by atoms with E-state index in [2.05, 4.69) is 24.1 Å². The predicted molar refractivity (Wildman–Crippen MR) is 79.9 cm³/mol. The van der Waals surface area contributed by atoms with E-state index in [1.165, 1.54) is 0 Å². The predicted octanol–water partition coefficient (Wildman–Crippen LogP) is 4.47. The fraction of sp³-hybridized carbons (Fsp3) is 0.571. The highest BCUT2D eigenvalue weighted by atomic mass is 35.5. The number of unbranched alkanes of at least 4 members (excludes halogenated alkanes) is 1.